The number of hydrogen-bond acceptors (Lipinski definition) is 5. The molecule has 5 nitrogen and oxygen atoms in total. The molecule has 2 aromatic rings. The molecule has 3 atom stereocenters. The van der Waals surface area contributed by atoms with Crippen molar-refractivity contribution in [1.82, 2.24) is 19.1 Å². The molecule has 0 aromatic carbocycles. The number of nitrogens with zero attached hydrogens (tertiary/aromatic N) is 3. The summed E-state index contributed by atoms with van der Waals surface area (Å²) in [6.07, 6.45) is -2.67. The van der Waals surface area contributed by atoms with Gasteiger partial charge < -0.3 is 0 Å². The second-order valence-corrected chi connectivity index (χ2v) is 7.66. The SMILES string of the molecule is CCC(C)S(=O)NC(C)c1nc(-c2ccnc(C(F)(F)F)c2)ns1. The van der Waals surface area contributed by atoms with E-state index in [2.05, 4.69) is 19.1 Å². The Hall–Kier alpha value is -1.39. The molecule has 24 heavy (non-hydrogen) atoms. The zero-order chi connectivity index (χ0) is 17.9. The van der Waals surface area contributed by atoms with Crippen LogP contribution in [0.25, 0.3) is 11.4 Å². The van der Waals surface area contributed by atoms with E-state index in [-0.39, 0.29) is 22.7 Å². The Bertz CT molecular complexity index is 720. The zero-order valence-corrected chi connectivity index (χ0v) is 14.9. The normalized spacial score (nSPS) is 15.9. The monoisotopic (exact) mass is 378 g/mol. The van der Waals surface area contributed by atoms with E-state index in [1.165, 1.54) is 6.07 Å². The van der Waals surface area contributed by atoms with Crippen molar-refractivity contribution in [2.45, 2.75) is 44.7 Å². The van der Waals surface area contributed by atoms with Crippen LogP contribution in [0.3, 0.4) is 0 Å². The molecule has 132 valence electrons. The predicted molar refractivity (Wildman–Crippen MR) is 87.6 cm³/mol. The Kier molecular flexibility index (Phi) is 6.05. The number of nitrogens with one attached hydrogen (secondary N) is 1. The first-order valence-corrected chi connectivity index (χ1v) is 9.25. The van der Waals surface area contributed by atoms with Crippen molar-refractivity contribution in [3.05, 3.63) is 29.0 Å². The number of alkyl halides is 3. The molecule has 2 aromatic heterocycles. The van der Waals surface area contributed by atoms with Gasteiger partial charge in [0.1, 0.15) is 10.7 Å². The first-order chi connectivity index (χ1) is 11.2. The molecule has 0 aliphatic heterocycles. The Morgan fingerprint density at radius 2 is 2.08 bits per heavy atom. The van der Waals surface area contributed by atoms with Crippen molar-refractivity contribution in [3.63, 3.8) is 0 Å². The van der Waals surface area contributed by atoms with Crippen LogP contribution < -0.4 is 4.72 Å². The van der Waals surface area contributed by atoms with Crippen LogP contribution in [0.1, 0.15) is 43.9 Å². The fourth-order valence-corrected chi connectivity index (χ4v) is 3.49. The lowest BCUT2D eigenvalue weighted by atomic mass is 10.2. The van der Waals surface area contributed by atoms with Crippen LogP contribution in [0.4, 0.5) is 13.2 Å². The summed E-state index contributed by atoms with van der Waals surface area (Å²) in [5.41, 5.74) is -0.740. The van der Waals surface area contributed by atoms with Crippen molar-refractivity contribution in [2.24, 2.45) is 0 Å². The van der Waals surface area contributed by atoms with Gasteiger partial charge >= 0.3 is 6.18 Å². The van der Waals surface area contributed by atoms with Crippen molar-refractivity contribution in [3.8, 4) is 11.4 Å². The lowest BCUT2D eigenvalue weighted by molar-refractivity contribution is -0.141. The molecule has 1 N–H and O–H groups in total. The highest BCUT2D eigenvalue weighted by Gasteiger charge is 2.32. The first-order valence-electron chi connectivity index (χ1n) is 7.26. The molecular weight excluding hydrogens is 361 g/mol. The van der Waals surface area contributed by atoms with E-state index < -0.39 is 22.9 Å². The van der Waals surface area contributed by atoms with Gasteiger partial charge in [-0.05, 0) is 43.9 Å². The number of halogens is 3. The summed E-state index contributed by atoms with van der Waals surface area (Å²) in [7, 11) is -1.22. The molecule has 0 radical (unpaired) electrons. The summed E-state index contributed by atoms with van der Waals surface area (Å²) in [4.78, 5) is 7.57. The fourth-order valence-electron chi connectivity index (χ4n) is 1.75. The maximum atomic E-state index is 12.7. The molecule has 0 bridgehead atoms. The Morgan fingerprint density at radius 3 is 2.71 bits per heavy atom. The van der Waals surface area contributed by atoms with Crippen LogP contribution in [-0.2, 0) is 17.2 Å². The predicted octanol–water partition coefficient (Wildman–Crippen LogP) is 3.73. The van der Waals surface area contributed by atoms with E-state index in [9.17, 15) is 17.4 Å². The van der Waals surface area contributed by atoms with Crippen molar-refractivity contribution < 1.29 is 17.4 Å². The van der Waals surface area contributed by atoms with Gasteiger partial charge in [0, 0.05) is 17.0 Å². The van der Waals surface area contributed by atoms with E-state index in [1.807, 2.05) is 13.8 Å². The summed E-state index contributed by atoms with van der Waals surface area (Å²) in [5.74, 6) is 0.200. The summed E-state index contributed by atoms with van der Waals surface area (Å²) in [6.45, 7) is 5.61. The Morgan fingerprint density at radius 1 is 1.38 bits per heavy atom. The largest absolute Gasteiger partial charge is 0.433 e. The number of rotatable bonds is 6. The topological polar surface area (TPSA) is 67.8 Å². The second-order valence-electron chi connectivity index (χ2n) is 5.24. The van der Waals surface area contributed by atoms with E-state index in [0.29, 0.717) is 5.01 Å². The highest BCUT2D eigenvalue weighted by Crippen LogP contribution is 2.30. The standard InChI is InChI=1S/C14H17F3N4OS2/c1-4-8(2)24(22)21-9(3)13-19-12(20-23-13)10-5-6-18-11(7-10)14(15,16)17/h5-9,21H,4H2,1-3H3. The zero-order valence-electron chi connectivity index (χ0n) is 13.3. The van der Waals surface area contributed by atoms with Gasteiger partial charge in [-0.15, -0.1) is 0 Å². The average molecular weight is 378 g/mol. The van der Waals surface area contributed by atoms with Crippen molar-refractivity contribution in [2.75, 3.05) is 0 Å². The summed E-state index contributed by atoms with van der Waals surface area (Å²) in [6, 6.07) is 2.03. The molecule has 3 unspecified atom stereocenters. The van der Waals surface area contributed by atoms with Crippen LogP contribution in [0.15, 0.2) is 18.3 Å². The van der Waals surface area contributed by atoms with Gasteiger partial charge in [0.05, 0.1) is 17.0 Å². The van der Waals surface area contributed by atoms with Gasteiger partial charge in [0.2, 0.25) is 0 Å². The van der Waals surface area contributed by atoms with Crippen LogP contribution in [0.5, 0.6) is 0 Å². The number of hydrogen-bond donors (Lipinski definition) is 1. The molecule has 10 heteroatoms. The summed E-state index contributed by atoms with van der Waals surface area (Å²) >= 11 is 1.07. The number of aromatic nitrogens is 3. The maximum Gasteiger partial charge on any atom is 0.433 e. The minimum absolute atomic E-state index is 0.00520. The lowest BCUT2D eigenvalue weighted by Gasteiger charge is -2.13. The van der Waals surface area contributed by atoms with E-state index in [4.69, 9.17) is 0 Å². The van der Waals surface area contributed by atoms with Crippen LogP contribution in [0, 0.1) is 0 Å². The molecule has 0 saturated heterocycles. The van der Waals surface area contributed by atoms with Crippen molar-refractivity contribution in [1.29, 1.82) is 0 Å². The molecule has 0 fully saturated rings. The van der Waals surface area contributed by atoms with Crippen LogP contribution in [-0.4, -0.2) is 23.8 Å². The van der Waals surface area contributed by atoms with Gasteiger partial charge in [-0.1, -0.05) is 6.92 Å². The van der Waals surface area contributed by atoms with Crippen LogP contribution in [0.2, 0.25) is 0 Å². The smallest absolute Gasteiger partial charge is 0.252 e. The minimum atomic E-state index is -4.52. The Balaban J connectivity index is 2.17. The van der Waals surface area contributed by atoms with E-state index in [0.717, 1.165) is 30.2 Å². The third kappa shape index (κ3) is 4.58. The quantitative estimate of drug-likeness (QED) is 0.832. The lowest BCUT2D eigenvalue weighted by Crippen LogP contribution is -2.28. The molecule has 0 aliphatic carbocycles. The highest BCUT2D eigenvalue weighted by molar-refractivity contribution is 7.83. The minimum Gasteiger partial charge on any atom is -0.252 e. The molecule has 0 spiro atoms. The third-order valence-electron chi connectivity index (χ3n) is 3.35. The van der Waals surface area contributed by atoms with Gasteiger partial charge in [-0.25, -0.2) is 13.9 Å². The molecule has 0 amide bonds. The third-order valence-corrected chi connectivity index (χ3v) is 5.90. The molecular formula is C14H17F3N4OS2. The van der Waals surface area contributed by atoms with Crippen molar-refractivity contribution >= 4 is 22.5 Å². The summed E-state index contributed by atoms with van der Waals surface area (Å²) < 4.78 is 57.2. The first kappa shape index (κ1) is 18.9. The highest BCUT2D eigenvalue weighted by atomic mass is 32.2. The average Bonchev–Trinajstić information content (AvgIpc) is 3.03. The second kappa shape index (κ2) is 7.66. The maximum absolute atomic E-state index is 12.7. The number of pyridine rings is 1. The summed E-state index contributed by atoms with van der Waals surface area (Å²) in [5, 5.41) is 0.557. The Labute approximate surface area is 144 Å². The van der Waals surface area contributed by atoms with Gasteiger partial charge in [0.15, 0.2) is 5.82 Å². The van der Waals surface area contributed by atoms with E-state index in [1.54, 1.807) is 6.92 Å². The molecule has 0 saturated carbocycles. The molecule has 0 aliphatic rings. The van der Waals surface area contributed by atoms with Crippen LogP contribution >= 0.6 is 11.5 Å². The van der Waals surface area contributed by atoms with E-state index >= 15 is 0 Å². The fraction of sp³-hybridized carbons (Fsp3) is 0.500. The van der Waals surface area contributed by atoms with Gasteiger partial charge in [0.25, 0.3) is 0 Å². The van der Waals surface area contributed by atoms with Gasteiger partial charge in [-0.2, -0.15) is 17.5 Å². The molecule has 2 heterocycles. The van der Waals surface area contributed by atoms with Gasteiger partial charge in [-0.3, -0.25) is 4.98 Å². The molecule has 2 rings (SSSR count).